The monoisotopic (exact) mass is 274 g/mol. The van der Waals surface area contributed by atoms with E-state index in [2.05, 4.69) is 51.2 Å². The topological polar surface area (TPSA) is 32.3 Å². The van der Waals surface area contributed by atoms with Gasteiger partial charge in [-0.15, -0.1) is 0 Å². The summed E-state index contributed by atoms with van der Waals surface area (Å²) in [6, 6.07) is 9.13. The molecule has 0 aromatic heterocycles. The Bertz CT molecular complexity index is 462. The van der Waals surface area contributed by atoms with Gasteiger partial charge in [0.25, 0.3) is 0 Å². The van der Waals surface area contributed by atoms with Crippen molar-refractivity contribution in [2.45, 2.75) is 52.1 Å². The number of amides is 1. The van der Waals surface area contributed by atoms with Gasteiger partial charge in [0, 0.05) is 31.6 Å². The van der Waals surface area contributed by atoms with Crippen molar-refractivity contribution >= 4 is 5.91 Å². The van der Waals surface area contributed by atoms with E-state index in [1.165, 1.54) is 11.1 Å². The van der Waals surface area contributed by atoms with Crippen molar-refractivity contribution in [2.24, 2.45) is 0 Å². The summed E-state index contributed by atoms with van der Waals surface area (Å²) in [5.41, 5.74) is 2.56. The highest BCUT2D eigenvalue weighted by molar-refractivity contribution is 5.77. The molecule has 0 saturated carbocycles. The van der Waals surface area contributed by atoms with E-state index in [1.54, 1.807) is 0 Å². The first kappa shape index (κ1) is 15.0. The number of piperazine rings is 1. The van der Waals surface area contributed by atoms with Crippen LogP contribution < -0.4 is 5.32 Å². The molecule has 20 heavy (non-hydrogen) atoms. The minimum atomic E-state index is 0.279. The van der Waals surface area contributed by atoms with Crippen molar-refractivity contribution < 1.29 is 4.79 Å². The standard InChI is InChI=1S/C17H26N2O/c1-12-7-5-6-8-16(12)13(2)9-17(20)19-10-14(3)18-15(4)11-19/h5-8,13-15,18H,9-11H2,1-4H3/t13-,14-,15-/m1/s1. The summed E-state index contributed by atoms with van der Waals surface area (Å²) >= 11 is 0. The molecule has 0 bridgehead atoms. The molecule has 110 valence electrons. The van der Waals surface area contributed by atoms with Crippen molar-refractivity contribution in [3.63, 3.8) is 0 Å². The van der Waals surface area contributed by atoms with Gasteiger partial charge in [-0.2, -0.15) is 0 Å². The van der Waals surface area contributed by atoms with Gasteiger partial charge in [-0.3, -0.25) is 4.79 Å². The summed E-state index contributed by atoms with van der Waals surface area (Å²) in [5.74, 6) is 0.560. The highest BCUT2D eigenvalue weighted by Crippen LogP contribution is 2.23. The van der Waals surface area contributed by atoms with Crippen LogP contribution in [-0.2, 0) is 4.79 Å². The maximum absolute atomic E-state index is 12.5. The zero-order chi connectivity index (χ0) is 14.7. The molecule has 1 aromatic rings. The van der Waals surface area contributed by atoms with Crippen LogP contribution in [0.3, 0.4) is 0 Å². The maximum atomic E-state index is 12.5. The van der Waals surface area contributed by atoms with Crippen molar-refractivity contribution in [2.75, 3.05) is 13.1 Å². The molecule has 3 heteroatoms. The average molecular weight is 274 g/mol. The van der Waals surface area contributed by atoms with Gasteiger partial charge < -0.3 is 10.2 Å². The number of carbonyl (C=O) groups is 1. The fourth-order valence-corrected chi connectivity index (χ4v) is 3.17. The molecule has 3 atom stereocenters. The molecule has 1 saturated heterocycles. The van der Waals surface area contributed by atoms with Gasteiger partial charge in [0.05, 0.1) is 0 Å². The average Bonchev–Trinajstić information content (AvgIpc) is 2.37. The lowest BCUT2D eigenvalue weighted by Crippen LogP contribution is -2.55. The van der Waals surface area contributed by atoms with E-state index in [9.17, 15) is 4.79 Å². The van der Waals surface area contributed by atoms with Gasteiger partial charge in [0.15, 0.2) is 0 Å². The Morgan fingerprint density at radius 1 is 1.30 bits per heavy atom. The third kappa shape index (κ3) is 3.60. The van der Waals surface area contributed by atoms with Crippen molar-refractivity contribution in [1.29, 1.82) is 0 Å². The second kappa shape index (κ2) is 6.40. The molecule has 1 aliphatic heterocycles. The second-order valence-electron chi connectivity index (χ2n) is 6.23. The highest BCUT2D eigenvalue weighted by atomic mass is 16.2. The lowest BCUT2D eigenvalue weighted by atomic mass is 9.93. The maximum Gasteiger partial charge on any atom is 0.223 e. The zero-order valence-corrected chi connectivity index (χ0v) is 13.0. The summed E-state index contributed by atoms with van der Waals surface area (Å²) in [6.07, 6.45) is 0.601. The van der Waals surface area contributed by atoms with Gasteiger partial charge >= 0.3 is 0 Å². The second-order valence-corrected chi connectivity index (χ2v) is 6.23. The Balaban J connectivity index is 1.99. The fourth-order valence-electron chi connectivity index (χ4n) is 3.17. The fraction of sp³-hybridized carbons (Fsp3) is 0.588. The molecule has 0 aliphatic carbocycles. The lowest BCUT2D eigenvalue weighted by molar-refractivity contribution is -0.133. The van der Waals surface area contributed by atoms with Crippen molar-refractivity contribution in [1.82, 2.24) is 10.2 Å². The minimum absolute atomic E-state index is 0.279. The Morgan fingerprint density at radius 3 is 2.50 bits per heavy atom. The molecule has 1 aliphatic rings. The summed E-state index contributed by atoms with van der Waals surface area (Å²) in [6.45, 7) is 10.2. The Kier molecular flexibility index (Phi) is 4.81. The van der Waals surface area contributed by atoms with Crippen LogP contribution in [0.1, 0.15) is 44.2 Å². The Hall–Kier alpha value is -1.35. The van der Waals surface area contributed by atoms with E-state index in [0.717, 1.165) is 13.1 Å². The van der Waals surface area contributed by atoms with Crippen LogP contribution in [0.15, 0.2) is 24.3 Å². The van der Waals surface area contributed by atoms with Crippen molar-refractivity contribution in [3.05, 3.63) is 35.4 Å². The molecular formula is C17H26N2O. The summed E-state index contributed by atoms with van der Waals surface area (Å²) in [5, 5.41) is 3.46. The van der Waals surface area contributed by atoms with Crippen molar-refractivity contribution in [3.8, 4) is 0 Å². The summed E-state index contributed by atoms with van der Waals surface area (Å²) in [7, 11) is 0. The SMILES string of the molecule is Cc1ccccc1[C@H](C)CC(=O)N1C[C@@H](C)N[C@H](C)C1. The van der Waals surface area contributed by atoms with Crippen LogP contribution >= 0.6 is 0 Å². The van der Waals surface area contributed by atoms with Crippen LogP contribution in [-0.4, -0.2) is 36.0 Å². The predicted octanol–water partition coefficient (Wildman–Crippen LogP) is 2.70. The molecular weight excluding hydrogens is 248 g/mol. The number of rotatable bonds is 3. The van der Waals surface area contributed by atoms with E-state index in [1.807, 2.05) is 11.0 Å². The van der Waals surface area contributed by atoms with Crippen LogP contribution in [0.25, 0.3) is 0 Å². The Morgan fingerprint density at radius 2 is 1.90 bits per heavy atom. The predicted molar refractivity (Wildman–Crippen MR) is 82.9 cm³/mol. The van der Waals surface area contributed by atoms with Gasteiger partial charge in [-0.05, 0) is 37.8 Å². The largest absolute Gasteiger partial charge is 0.340 e. The number of hydrogen-bond acceptors (Lipinski definition) is 2. The van der Waals surface area contributed by atoms with Crippen LogP contribution in [0.2, 0.25) is 0 Å². The van der Waals surface area contributed by atoms with Gasteiger partial charge in [0.1, 0.15) is 0 Å². The third-order valence-corrected chi connectivity index (χ3v) is 4.11. The molecule has 0 unspecified atom stereocenters. The molecule has 1 N–H and O–H groups in total. The molecule has 3 nitrogen and oxygen atoms in total. The van der Waals surface area contributed by atoms with E-state index in [4.69, 9.17) is 0 Å². The summed E-state index contributed by atoms with van der Waals surface area (Å²) in [4.78, 5) is 14.5. The minimum Gasteiger partial charge on any atom is -0.340 e. The normalized spacial score (nSPS) is 24.5. The first-order valence-electron chi connectivity index (χ1n) is 7.56. The quantitative estimate of drug-likeness (QED) is 0.919. The number of nitrogens with one attached hydrogen (secondary N) is 1. The van der Waals surface area contributed by atoms with Gasteiger partial charge in [0.2, 0.25) is 5.91 Å². The molecule has 1 fully saturated rings. The third-order valence-electron chi connectivity index (χ3n) is 4.11. The molecule has 1 heterocycles. The van der Waals surface area contributed by atoms with E-state index in [-0.39, 0.29) is 11.8 Å². The molecule has 1 aromatic carbocycles. The first-order valence-corrected chi connectivity index (χ1v) is 7.56. The highest BCUT2D eigenvalue weighted by Gasteiger charge is 2.25. The van der Waals surface area contributed by atoms with Crippen LogP contribution in [0, 0.1) is 6.92 Å². The molecule has 2 rings (SSSR count). The number of carbonyl (C=O) groups excluding carboxylic acids is 1. The Labute approximate surface area is 122 Å². The van der Waals surface area contributed by atoms with Gasteiger partial charge in [-0.1, -0.05) is 31.2 Å². The first-order chi connectivity index (χ1) is 9.47. The molecule has 1 amide bonds. The number of benzene rings is 1. The lowest BCUT2D eigenvalue weighted by Gasteiger charge is -2.36. The smallest absolute Gasteiger partial charge is 0.223 e. The van der Waals surface area contributed by atoms with E-state index in [0.29, 0.717) is 18.5 Å². The number of aryl methyl sites for hydroxylation is 1. The molecule has 0 radical (unpaired) electrons. The van der Waals surface area contributed by atoms with E-state index < -0.39 is 0 Å². The van der Waals surface area contributed by atoms with E-state index >= 15 is 0 Å². The number of nitrogens with zero attached hydrogens (tertiary/aromatic N) is 1. The van der Waals surface area contributed by atoms with Crippen LogP contribution in [0.5, 0.6) is 0 Å². The van der Waals surface area contributed by atoms with Crippen LogP contribution in [0.4, 0.5) is 0 Å². The number of hydrogen-bond donors (Lipinski definition) is 1. The van der Waals surface area contributed by atoms with Gasteiger partial charge in [-0.25, -0.2) is 0 Å². The summed E-state index contributed by atoms with van der Waals surface area (Å²) < 4.78 is 0. The zero-order valence-electron chi connectivity index (χ0n) is 13.0. The molecule has 0 spiro atoms.